The zero-order valence-corrected chi connectivity index (χ0v) is 18.9. The van der Waals surface area contributed by atoms with Gasteiger partial charge < -0.3 is 14.8 Å². The fraction of sp³-hybridized carbons (Fsp3) is 0.200. The van der Waals surface area contributed by atoms with Crippen LogP contribution < -0.4 is 14.8 Å². The van der Waals surface area contributed by atoms with Crippen LogP contribution in [-0.2, 0) is 6.18 Å². The lowest BCUT2D eigenvalue weighted by atomic mass is 9.99. The Labute approximate surface area is 194 Å². The molecule has 0 saturated heterocycles. The van der Waals surface area contributed by atoms with Gasteiger partial charge >= 0.3 is 6.18 Å². The minimum atomic E-state index is -4.70. The van der Waals surface area contributed by atoms with Crippen LogP contribution in [0.15, 0.2) is 54.2 Å². The number of alkyl halides is 3. The molecule has 1 heterocycles. The quantitative estimate of drug-likeness (QED) is 0.390. The highest BCUT2D eigenvalue weighted by Crippen LogP contribution is 2.39. The van der Waals surface area contributed by atoms with Crippen molar-refractivity contribution < 1.29 is 31.8 Å². The van der Waals surface area contributed by atoms with E-state index in [1.54, 1.807) is 20.8 Å². The van der Waals surface area contributed by atoms with Crippen LogP contribution in [-0.4, -0.2) is 18.0 Å². The van der Waals surface area contributed by atoms with Gasteiger partial charge in [-0.05, 0) is 68.3 Å². The number of hydrogen-bond donors (Lipinski definition) is 1. The number of halogens is 4. The third-order valence-corrected chi connectivity index (χ3v) is 4.70. The maximum Gasteiger partial charge on any atom is 0.417 e. The number of aromatic nitrogens is 1. The van der Waals surface area contributed by atoms with Gasteiger partial charge in [0.05, 0.1) is 18.2 Å². The van der Waals surface area contributed by atoms with E-state index >= 15 is 0 Å². The van der Waals surface area contributed by atoms with Crippen LogP contribution in [0.3, 0.4) is 0 Å². The predicted molar refractivity (Wildman–Crippen MR) is 121 cm³/mol. The molecule has 1 N–H and O–H groups in total. The highest BCUT2D eigenvalue weighted by molar-refractivity contribution is 6.06. The van der Waals surface area contributed by atoms with E-state index in [1.165, 1.54) is 43.6 Å². The zero-order valence-electron chi connectivity index (χ0n) is 18.9. The molecule has 0 fully saturated rings. The van der Waals surface area contributed by atoms with Gasteiger partial charge in [0, 0.05) is 18.0 Å². The van der Waals surface area contributed by atoms with E-state index in [0.717, 1.165) is 18.2 Å². The van der Waals surface area contributed by atoms with E-state index in [1.807, 2.05) is 0 Å². The highest BCUT2D eigenvalue weighted by Gasteiger charge is 2.35. The normalized spacial score (nSPS) is 11.1. The molecule has 0 bridgehead atoms. The van der Waals surface area contributed by atoms with Crippen LogP contribution in [0.4, 0.5) is 23.2 Å². The van der Waals surface area contributed by atoms with Gasteiger partial charge in [0.25, 0.3) is 5.91 Å². The molecule has 0 aliphatic carbocycles. The molecule has 2 aromatic carbocycles. The Kier molecular flexibility index (Phi) is 7.24. The number of methoxy groups -OCH3 is 1. The first-order valence-electron chi connectivity index (χ1n) is 10.1. The van der Waals surface area contributed by atoms with E-state index in [2.05, 4.69) is 10.3 Å². The van der Waals surface area contributed by atoms with Crippen LogP contribution in [0.1, 0.15) is 40.9 Å². The van der Waals surface area contributed by atoms with Gasteiger partial charge in [-0.25, -0.2) is 9.37 Å². The number of ether oxygens (including phenoxy) is 2. The summed E-state index contributed by atoms with van der Waals surface area (Å²) >= 11 is 0. The molecular weight excluding hydrogens is 452 g/mol. The summed E-state index contributed by atoms with van der Waals surface area (Å²) < 4.78 is 65.8. The Bertz CT molecular complexity index is 1250. The van der Waals surface area contributed by atoms with E-state index in [4.69, 9.17) is 9.47 Å². The van der Waals surface area contributed by atoms with Crippen molar-refractivity contribution in [3.05, 3.63) is 82.3 Å². The number of nitrogens with one attached hydrogen (secondary N) is 1. The lowest BCUT2D eigenvalue weighted by Gasteiger charge is -2.18. The van der Waals surface area contributed by atoms with Crippen molar-refractivity contribution in [2.45, 2.75) is 26.9 Å². The first-order chi connectivity index (χ1) is 16.0. The summed E-state index contributed by atoms with van der Waals surface area (Å²) in [7, 11) is 1.41. The van der Waals surface area contributed by atoms with Crippen molar-refractivity contribution in [3.63, 3.8) is 0 Å². The smallest absolute Gasteiger partial charge is 0.417 e. The lowest BCUT2D eigenvalue weighted by molar-refractivity contribution is -0.137. The third-order valence-electron chi connectivity index (χ3n) is 4.70. The molecular formula is C25H22F4N2O3. The van der Waals surface area contributed by atoms with Crippen LogP contribution >= 0.6 is 0 Å². The molecule has 1 aromatic heterocycles. The minimum absolute atomic E-state index is 0.115. The Morgan fingerprint density at radius 1 is 1.06 bits per heavy atom. The van der Waals surface area contributed by atoms with Crippen molar-refractivity contribution in [3.8, 4) is 17.4 Å². The molecule has 0 spiro atoms. The van der Waals surface area contributed by atoms with E-state index in [0.29, 0.717) is 16.8 Å². The second-order valence-corrected chi connectivity index (χ2v) is 7.71. The molecule has 1 amide bonds. The van der Waals surface area contributed by atoms with Crippen molar-refractivity contribution in [2.24, 2.45) is 0 Å². The summed E-state index contributed by atoms with van der Waals surface area (Å²) in [6.07, 6.45) is -1.96. The summed E-state index contributed by atoms with van der Waals surface area (Å²) in [4.78, 5) is 17.1. The van der Waals surface area contributed by atoms with Gasteiger partial charge in [0.2, 0.25) is 5.88 Å². The standard InChI is InChI=1S/C25H22F4N2O3/c1-14(2)9-16-11-19(24(32)31-18-7-8-30-23(12-18)33-4)22(13-20(16)25(27,28)29)34-21-6-5-17(26)10-15(21)3/h5-13H,1-4H3,(H,30,31,32). The Hall–Kier alpha value is -3.88. The van der Waals surface area contributed by atoms with E-state index in [9.17, 15) is 22.4 Å². The fourth-order valence-corrected chi connectivity index (χ4v) is 3.18. The number of benzene rings is 2. The summed E-state index contributed by atoms with van der Waals surface area (Å²) in [5, 5.41) is 2.62. The second-order valence-electron chi connectivity index (χ2n) is 7.71. The second kappa shape index (κ2) is 9.94. The number of anilines is 1. The molecule has 0 atom stereocenters. The Balaban J connectivity index is 2.15. The SMILES string of the molecule is COc1cc(NC(=O)c2cc(C=C(C)C)c(C(F)(F)F)cc2Oc2ccc(F)cc2C)ccn1. The molecule has 3 rings (SSSR count). The lowest BCUT2D eigenvalue weighted by Crippen LogP contribution is -2.16. The van der Waals surface area contributed by atoms with Crippen molar-refractivity contribution >= 4 is 17.7 Å². The molecule has 34 heavy (non-hydrogen) atoms. The predicted octanol–water partition coefficient (Wildman–Crippen LogP) is 7.02. The number of aryl methyl sites for hydroxylation is 1. The first-order valence-corrected chi connectivity index (χ1v) is 10.1. The Morgan fingerprint density at radius 3 is 2.41 bits per heavy atom. The first kappa shape index (κ1) is 24.8. The third kappa shape index (κ3) is 5.92. The molecule has 9 heteroatoms. The van der Waals surface area contributed by atoms with Gasteiger partial charge in [-0.2, -0.15) is 13.2 Å². The number of allylic oxidation sites excluding steroid dienone is 1. The molecule has 178 valence electrons. The van der Waals surface area contributed by atoms with Crippen LogP contribution in [0.5, 0.6) is 17.4 Å². The van der Waals surface area contributed by atoms with Gasteiger partial charge in [-0.1, -0.05) is 11.6 Å². The summed E-state index contributed by atoms with van der Waals surface area (Å²) in [6.45, 7) is 4.84. The van der Waals surface area contributed by atoms with Crippen molar-refractivity contribution in [1.29, 1.82) is 0 Å². The van der Waals surface area contributed by atoms with Crippen LogP contribution in [0, 0.1) is 12.7 Å². The monoisotopic (exact) mass is 474 g/mol. The minimum Gasteiger partial charge on any atom is -0.481 e. The topological polar surface area (TPSA) is 60.5 Å². The van der Waals surface area contributed by atoms with E-state index < -0.39 is 23.5 Å². The molecule has 0 unspecified atom stereocenters. The molecule has 0 aliphatic rings. The maximum absolute atomic E-state index is 13.9. The Morgan fingerprint density at radius 2 is 1.79 bits per heavy atom. The number of hydrogen-bond acceptors (Lipinski definition) is 4. The number of amides is 1. The van der Waals surface area contributed by atoms with Crippen molar-refractivity contribution in [1.82, 2.24) is 4.98 Å². The highest BCUT2D eigenvalue weighted by atomic mass is 19.4. The number of pyridine rings is 1. The molecule has 3 aromatic rings. The van der Waals surface area contributed by atoms with E-state index in [-0.39, 0.29) is 28.5 Å². The maximum atomic E-state index is 13.9. The van der Waals surface area contributed by atoms with Crippen LogP contribution in [0.2, 0.25) is 0 Å². The van der Waals surface area contributed by atoms with Crippen LogP contribution in [0.25, 0.3) is 6.08 Å². The average molecular weight is 474 g/mol. The van der Waals surface area contributed by atoms with Gasteiger partial charge in [-0.3, -0.25) is 4.79 Å². The fourth-order valence-electron chi connectivity index (χ4n) is 3.18. The molecule has 5 nitrogen and oxygen atoms in total. The molecule has 0 radical (unpaired) electrons. The number of carbonyl (C=O) groups is 1. The van der Waals surface area contributed by atoms with Gasteiger partial charge in [-0.15, -0.1) is 0 Å². The summed E-state index contributed by atoms with van der Waals surface area (Å²) in [5.41, 5.74) is -0.00546. The largest absolute Gasteiger partial charge is 0.481 e. The van der Waals surface area contributed by atoms with Crippen molar-refractivity contribution in [2.75, 3.05) is 12.4 Å². The zero-order chi connectivity index (χ0) is 25.0. The summed E-state index contributed by atoms with van der Waals surface area (Å²) in [5.74, 6) is -1.20. The number of carbonyl (C=O) groups excluding carboxylic acids is 1. The molecule has 0 saturated carbocycles. The number of rotatable bonds is 6. The average Bonchev–Trinajstić information content (AvgIpc) is 2.75. The molecule has 0 aliphatic heterocycles. The van der Waals surface area contributed by atoms with Gasteiger partial charge in [0.1, 0.15) is 17.3 Å². The summed E-state index contributed by atoms with van der Waals surface area (Å²) in [6, 6.07) is 8.46. The number of nitrogens with zero attached hydrogens (tertiary/aromatic N) is 1. The van der Waals surface area contributed by atoms with Gasteiger partial charge in [0.15, 0.2) is 0 Å².